The van der Waals surface area contributed by atoms with Crippen molar-refractivity contribution in [1.29, 1.82) is 0 Å². The van der Waals surface area contributed by atoms with Crippen molar-refractivity contribution in [3.05, 3.63) is 0 Å². The van der Waals surface area contributed by atoms with Crippen LogP contribution in [-0.4, -0.2) is 5.78 Å². The van der Waals surface area contributed by atoms with Crippen LogP contribution < -0.4 is 0 Å². The number of carbonyl (C=O) groups is 1. The Labute approximate surface area is 88.3 Å². The van der Waals surface area contributed by atoms with Crippen molar-refractivity contribution >= 4 is 5.78 Å². The fourth-order valence-electron chi connectivity index (χ4n) is 2.38. The zero-order valence-electron chi connectivity index (χ0n) is 9.94. The Hall–Kier alpha value is -0.330. The van der Waals surface area contributed by atoms with E-state index in [-0.39, 0.29) is 5.41 Å². The summed E-state index contributed by atoms with van der Waals surface area (Å²) in [5.74, 6) is 1.18. The highest BCUT2D eigenvalue weighted by Gasteiger charge is 2.20. The maximum Gasteiger partial charge on any atom is 0.133 e. The molecule has 0 atom stereocenters. The molecule has 1 fully saturated rings. The van der Waals surface area contributed by atoms with Crippen LogP contribution in [0.3, 0.4) is 0 Å². The fourth-order valence-corrected chi connectivity index (χ4v) is 2.38. The summed E-state index contributed by atoms with van der Waals surface area (Å²) in [6, 6.07) is 0. The van der Waals surface area contributed by atoms with Gasteiger partial charge in [0.05, 0.1) is 0 Å². The number of carbonyl (C=O) groups excluding carboxylic acids is 1. The highest BCUT2D eigenvalue weighted by molar-refractivity contribution is 5.79. The van der Waals surface area contributed by atoms with Crippen molar-refractivity contribution in [3.63, 3.8) is 0 Å². The van der Waals surface area contributed by atoms with Crippen molar-refractivity contribution in [3.8, 4) is 0 Å². The highest BCUT2D eigenvalue weighted by Crippen LogP contribution is 2.28. The van der Waals surface area contributed by atoms with Gasteiger partial charge in [-0.05, 0) is 11.3 Å². The zero-order chi connectivity index (χ0) is 10.6. The number of rotatable bonds is 3. The lowest BCUT2D eigenvalue weighted by atomic mass is 9.82. The van der Waals surface area contributed by atoms with Crippen molar-refractivity contribution in [1.82, 2.24) is 0 Å². The van der Waals surface area contributed by atoms with Crippen molar-refractivity contribution in [2.75, 3.05) is 0 Å². The van der Waals surface area contributed by atoms with Gasteiger partial charge in [0.25, 0.3) is 0 Å². The molecule has 0 aliphatic heterocycles. The van der Waals surface area contributed by atoms with E-state index in [9.17, 15) is 4.79 Å². The van der Waals surface area contributed by atoms with E-state index in [1.807, 2.05) is 0 Å². The standard InChI is InChI=1S/C13H24O/c1-13(2,3)10-12(14)9-11-7-5-4-6-8-11/h11H,4-10H2,1-3H3. The monoisotopic (exact) mass is 196 g/mol. The second-order valence-electron chi connectivity index (χ2n) is 5.98. The molecule has 1 aliphatic carbocycles. The molecular formula is C13H24O. The van der Waals surface area contributed by atoms with Gasteiger partial charge in [0.15, 0.2) is 0 Å². The Morgan fingerprint density at radius 1 is 1.14 bits per heavy atom. The lowest BCUT2D eigenvalue weighted by Crippen LogP contribution is -2.17. The Morgan fingerprint density at radius 3 is 2.21 bits per heavy atom. The first-order valence-electron chi connectivity index (χ1n) is 5.99. The summed E-state index contributed by atoms with van der Waals surface area (Å²) in [6.07, 6.45) is 8.23. The minimum atomic E-state index is 0.172. The van der Waals surface area contributed by atoms with Gasteiger partial charge in [-0.2, -0.15) is 0 Å². The van der Waals surface area contributed by atoms with Crippen LogP contribution in [0.25, 0.3) is 0 Å². The molecular weight excluding hydrogens is 172 g/mol. The largest absolute Gasteiger partial charge is 0.300 e. The van der Waals surface area contributed by atoms with Gasteiger partial charge in [0.2, 0.25) is 0 Å². The van der Waals surface area contributed by atoms with Crippen molar-refractivity contribution in [2.45, 2.75) is 65.7 Å². The average molecular weight is 196 g/mol. The summed E-state index contributed by atoms with van der Waals surface area (Å²) in [4.78, 5) is 11.7. The molecule has 1 saturated carbocycles. The Balaban J connectivity index is 2.25. The summed E-state index contributed by atoms with van der Waals surface area (Å²) < 4.78 is 0. The first-order chi connectivity index (χ1) is 6.47. The van der Waals surface area contributed by atoms with E-state index >= 15 is 0 Å². The van der Waals surface area contributed by atoms with Gasteiger partial charge in [-0.25, -0.2) is 0 Å². The van der Waals surface area contributed by atoms with Gasteiger partial charge in [0, 0.05) is 12.8 Å². The number of hydrogen-bond donors (Lipinski definition) is 0. The molecule has 0 amide bonds. The first-order valence-corrected chi connectivity index (χ1v) is 5.99. The minimum Gasteiger partial charge on any atom is -0.300 e. The maximum absolute atomic E-state index is 11.7. The van der Waals surface area contributed by atoms with Crippen LogP contribution in [-0.2, 0) is 4.79 Å². The molecule has 0 saturated heterocycles. The van der Waals surface area contributed by atoms with Crippen molar-refractivity contribution < 1.29 is 4.79 Å². The Kier molecular flexibility index (Phi) is 4.15. The number of hydrogen-bond acceptors (Lipinski definition) is 1. The first kappa shape index (κ1) is 11.7. The lowest BCUT2D eigenvalue weighted by molar-refractivity contribution is -0.121. The molecule has 1 rings (SSSR count). The summed E-state index contributed by atoms with van der Waals surface area (Å²) in [5.41, 5.74) is 0.172. The van der Waals surface area contributed by atoms with E-state index in [2.05, 4.69) is 20.8 Å². The smallest absolute Gasteiger partial charge is 0.133 e. The van der Waals surface area contributed by atoms with Gasteiger partial charge in [-0.15, -0.1) is 0 Å². The SMILES string of the molecule is CC(C)(C)CC(=O)CC1CCCCC1. The molecule has 0 bridgehead atoms. The molecule has 0 radical (unpaired) electrons. The van der Waals surface area contributed by atoms with Gasteiger partial charge >= 0.3 is 0 Å². The Bertz CT molecular complexity index is 182. The summed E-state index contributed by atoms with van der Waals surface area (Å²) in [7, 11) is 0. The highest BCUT2D eigenvalue weighted by atomic mass is 16.1. The molecule has 1 heteroatoms. The van der Waals surface area contributed by atoms with Gasteiger partial charge in [-0.1, -0.05) is 52.9 Å². The van der Waals surface area contributed by atoms with E-state index < -0.39 is 0 Å². The van der Waals surface area contributed by atoms with Gasteiger partial charge in [0.1, 0.15) is 5.78 Å². The van der Waals surface area contributed by atoms with Gasteiger partial charge in [-0.3, -0.25) is 4.79 Å². The van der Waals surface area contributed by atoms with Crippen LogP contribution in [0.1, 0.15) is 65.7 Å². The third kappa shape index (κ3) is 4.78. The summed E-state index contributed by atoms with van der Waals surface area (Å²) in [6.45, 7) is 6.43. The zero-order valence-corrected chi connectivity index (χ0v) is 9.94. The molecule has 0 aromatic rings. The van der Waals surface area contributed by atoms with Crippen LogP contribution >= 0.6 is 0 Å². The minimum absolute atomic E-state index is 0.172. The predicted molar refractivity (Wildman–Crippen MR) is 60.3 cm³/mol. The molecule has 0 spiro atoms. The van der Waals surface area contributed by atoms with E-state index in [4.69, 9.17) is 0 Å². The molecule has 82 valence electrons. The van der Waals surface area contributed by atoms with Crippen LogP contribution in [0.5, 0.6) is 0 Å². The molecule has 0 heterocycles. The van der Waals surface area contributed by atoms with Gasteiger partial charge < -0.3 is 0 Å². The topological polar surface area (TPSA) is 17.1 Å². The quantitative estimate of drug-likeness (QED) is 0.667. The molecule has 0 N–H and O–H groups in total. The maximum atomic E-state index is 11.7. The van der Waals surface area contributed by atoms with E-state index in [0.717, 1.165) is 12.8 Å². The van der Waals surface area contributed by atoms with Crippen LogP contribution in [0, 0.1) is 11.3 Å². The summed E-state index contributed by atoms with van der Waals surface area (Å²) in [5, 5.41) is 0. The third-order valence-corrected chi connectivity index (χ3v) is 2.97. The number of ketones is 1. The van der Waals surface area contributed by atoms with Crippen LogP contribution in [0.15, 0.2) is 0 Å². The molecule has 1 aliphatic rings. The third-order valence-electron chi connectivity index (χ3n) is 2.97. The van der Waals surface area contributed by atoms with E-state index in [1.165, 1.54) is 32.1 Å². The number of Topliss-reactive ketones (excluding diaryl/α,β-unsaturated/α-hetero) is 1. The van der Waals surface area contributed by atoms with Crippen LogP contribution in [0.2, 0.25) is 0 Å². The molecule has 14 heavy (non-hydrogen) atoms. The normalized spacial score (nSPS) is 19.6. The van der Waals surface area contributed by atoms with E-state index in [0.29, 0.717) is 11.7 Å². The fraction of sp³-hybridized carbons (Fsp3) is 0.923. The molecule has 1 nitrogen and oxygen atoms in total. The average Bonchev–Trinajstić information content (AvgIpc) is 2.02. The van der Waals surface area contributed by atoms with E-state index in [1.54, 1.807) is 0 Å². The molecule has 0 aromatic heterocycles. The molecule has 0 aromatic carbocycles. The molecule has 0 unspecified atom stereocenters. The second-order valence-corrected chi connectivity index (χ2v) is 5.98. The lowest BCUT2D eigenvalue weighted by Gasteiger charge is -2.23. The van der Waals surface area contributed by atoms with Crippen molar-refractivity contribution in [2.24, 2.45) is 11.3 Å². The summed E-state index contributed by atoms with van der Waals surface area (Å²) >= 11 is 0. The second kappa shape index (κ2) is 4.95. The predicted octanol–water partition coefficient (Wildman–Crippen LogP) is 3.96. The van der Waals surface area contributed by atoms with Crippen LogP contribution in [0.4, 0.5) is 0 Å². The Morgan fingerprint density at radius 2 is 1.71 bits per heavy atom.